The predicted octanol–water partition coefficient (Wildman–Crippen LogP) is 10.9. The molecular weight excluding hydrogens is 896 g/mol. The van der Waals surface area contributed by atoms with Crippen LogP contribution in [0, 0.1) is 0 Å². The van der Waals surface area contributed by atoms with Crippen LogP contribution in [0.2, 0.25) is 0 Å². The van der Waals surface area contributed by atoms with E-state index in [2.05, 4.69) is 137 Å². The smallest absolute Gasteiger partial charge is 0.147 e. The average molecular weight is 915 g/mol. The molecular formula is C24H19Br7O3. The number of rotatable bonds is 8. The molecule has 1 N–H and O–H groups in total. The third-order valence-electron chi connectivity index (χ3n) is 5.20. The van der Waals surface area contributed by atoms with E-state index >= 15 is 0 Å². The van der Waals surface area contributed by atoms with Crippen LogP contribution in [0.4, 0.5) is 0 Å². The SMILES string of the molecule is CC(C)(c1cc(Br)c(O)c(Br)c1)c1cc(Br)c(OCCCOc2c(Br)cc(Br)cc2Br)c(Br)c1. The Morgan fingerprint density at radius 3 is 1.38 bits per heavy atom. The van der Waals surface area contributed by atoms with Crippen molar-refractivity contribution in [1.82, 2.24) is 0 Å². The summed E-state index contributed by atoms with van der Waals surface area (Å²) in [7, 11) is 0. The van der Waals surface area contributed by atoms with Gasteiger partial charge in [-0.05, 0) is 143 Å². The van der Waals surface area contributed by atoms with Gasteiger partial charge in [-0.25, -0.2) is 0 Å². The molecule has 0 amide bonds. The first-order chi connectivity index (χ1) is 15.9. The van der Waals surface area contributed by atoms with E-state index in [9.17, 15) is 5.11 Å². The van der Waals surface area contributed by atoms with Gasteiger partial charge in [-0.3, -0.25) is 0 Å². The molecule has 3 nitrogen and oxygen atoms in total. The van der Waals surface area contributed by atoms with Crippen LogP contribution in [0.1, 0.15) is 31.4 Å². The minimum Gasteiger partial charge on any atom is -0.506 e. The van der Waals surface area contributed by atoms with E-state index in [1.54, 1.807) is 0 Å². The number of ether oxygens (including phenoxy) is 2. The van der Waals surface area contributed by atoms with Gasteiger partial charge in [0.2, 0.25) is 0 Å². The molecule has 0 saturated carbocycles. The van der Waals surface area contributed by atoms with Crippen LogP contribution in [-0.2, 0) is 5.41 Å². The van der Waals surface area contributed by atoms with E-state index in [0.29, 0.717) is 22.2 Å². The van der Waals surface area contributed by atoms with E-state index < -0.39 is 0 Å². The molecule has 3 aromatic rings. The van der Waals surface area contributed by atoms with Gasteiger partial charge in [0.05, 0.1) is 40.1 Å². The van der Waals surface area contributed by atoms with Gasteiger partial charge in [0.15, 0.2) is 0 Å². The van der Waals surface area contributed by atoms with E-state index in [4.69, 9.17) is 9.47 Å². The third kappa shape index (κ3) is 6.84. The molecule has 0 radical (unpaired) electrons. The maximum absolute atomic E-state index is 10.1. The zero-order valence-corrected chi connectivity index (χ0v) is 29.1. The van der Waals surface area contributed by atoms with Gasteiger partial charge < -0.3 is 14.6 Å². The van der Waals surface area contributed by atoms with Crippen molar-refractivity contribution in [1.29, 1.82) is 0 Å². The van der Waals surface area contributed by atoms with Crippen molar-refractivity contribution in [3.63, 3.8) is 0 Å². The van der Waals surface area contributed by atoms with Gasteiger partial charge in [0, 0.05) is 16.3 Å². The molecule has 0 unspecified atom stereocenters. The largest absolute Gasteiger partial charge is 0.506 e. The number of phenols is 1. The van der Waals surface area contributed by atoms with Crippen molar-refractivity contribution in [3.05, 3.63) is 78.8 Å². The second kappa shape index (κ2) is 12.3. The Kier molecular flexibility index (Phi) is 10.5. The molecule has 0 saturated heterocycles. The van der Waals surface area contributed by atoms with Gasteiger partial charge in [0.25, 0.3) is 0 Å². The summed E-state index contributed by atoms with van der Waals surface area (Å²) in [6.07, 6.45) is 0.719. The lowest BCUT2D eigenvalue weighted by Crippen LogP contribution is -2.19. The van der Waals surface area contributed by atoms with Gasteiger partial charge in [0.1, 0.15) is 17.2 Å². The van der Waals surface area contributed by atoms with Gasteiger partial charge in [-0.2, -0.15) is 0 Å². The lowest BCUT2D eigenvalue weighted by molar-refractivity contribution is 0.244. The van der Waals surface area contributed by atoms with Crippen LogP contribution in [0.25, 0.3) is 0 Å². The highest BCUT2D eigenvalue weighted by molar-refractivity contribution is 9.12. The first-order valence-electron chi connectivity index (χ1n) is 10.00. The molecule has 10 heteroatoms. The van der Waals surface area contributed by atoms with Gasteiger partial charge >= 0.3 is 0 Å². The maximum atomic E-state index is 10.1. The molecule has 34 heavy (non-hydrogen) atoms. The maximum Gasteiger partial charge on any atom is 0.147 e. The lowest BCUT2D eigenvalue weighted by atomic mass is 9.78. The highest BCUT2D eigenvalue weighted by atomic mass is 79.9. The second-order valence-electron chi connectivity index (χ2n) is 7.93. The molecule has 0 atom stereocenters. The predicted molar refractivity (Wildman–Crippen MR) is 163 cm³/mol. The summed E-state index contributed by atoms with van der Waals surface area (Å²) >= 11 is 24.7. The van der Waals surface area contributed by atoms with Crippen LogP contribution >= 0.6 is 112 Å². The van der Waals surface area contributed by atoms with Crippen molar-refractivity contribution < 1.29 is 14.6 Å². The van der Waals surface area contributed by atoms with Gasteiger partial charge in [-0.1, -0.05) is 29.8 Å². The Labute approximate surface area is 258 Å². The summed E-state index contributed by atoms with van der Waals surface area (Å²) in [5.74, 6) is 1.71. The second-order valence-corrected chi connectivity index (χ2v) is 14.0. The fourth-order valence-electron chi connectivity index (χ4n) is 3.23. The molecule has 0 aliphatic carbocycles. The number of aromatic hydroxyl groups is 1. The topological polar surface area (TPSA) is 38.7 Å². The Morgan fingerprint density at radius 1 is 0.618 bits per heavy atom. The molecule has 182 valence electrons. The fraction of sp³-hybridized carbons (Fsp3) is 0.250. The van der Waals surface area contributed by atoms with E-state index in [1.165, 1.54) is 0 Å². The Bertz CT molecular complexity index is 1140. The summed E-state index contributed by atoms with van der Waals surface area (Å²) in [5.41, 5.74) is 1.83. The summed E-state index contributed by atoms with van der Waals surface area (Å²) in [5, 5.41) is 10.1. The number of hydrogen-bond acceptors (Lipinski definition) is 3. The van der Waals surface area contributed by atoms with Crippen molar-refractivity contribution in [2.24, 2.45) is 0 Å². The van der Waals surface area contributed by atoms with Crippen LogP contribution in [0.15, 0.2) is 67.7 Å². The zero-order valence-electron chi connectivity index (χ0n) is 18.0. The van der Waals surface area contributed by atoms with E-state index in [-0.39, 0.29) is 11.2 Å². The molecule has 0 heterocycles. The molecule has 0 aliphatic rings. The standard InChI is InChI=1S/C24H19Br7O3/c1-24(2,12-6-15(26)21(32)16(27)7-12)13-8-17(28)22(18(29)9-13)33-4-3-5-34-23-19(30)10-14(25)11-20(23)31/h6-11,32H,3-5H2,1-2H3. The molecule has 0 aliphatic heterocycles. The quantitative estimate of drug-likeness (QED) is 0.229. The molecule has 0 fully saturated rings. The first-order valence-corrected chi connectivity index (χ1v) is 15.5. The fourth-order valence-corrected chi connectivity index (χ4v) is 8.32. The first kappa shape index (κ1) is 29.0. The number of benzene rings is 3. The van der Waals surface area contributed by atoms with Crippen molar-refractivity contribution >= 4 is 112 Å². The molecule has 0 bridgehead atoms. The average Bonchev–Trinajstić information content (AvgIpc) is 2.74. The normalized spacial score (nSPS) is 11.6. The van der Waals surface area contributed by atoms with Crippen LogP contribution in [-0.4, -0.2) is 18.3 Å². The van der Waals surface area contributed by atoms with E-state index in [1.807, 2.05) is 24.3 Å². The van der Waals surface area contributed by atoms with Crippen molar-refractivity contribution in [2.45, 2.75) is 25.7 Å². The summed E-state index contributed by atoms with van der Waals surface area (Å²) in [6, 6.07) is 11.9. The molecule has 0 aromatic heterocycles. The number of halogens is 7. The molecule has 3 rings (SSSR count). The van der Waals surface area contributed by atoms with Gasteiger partial charge in [-0.15, -0.1) is 0 Å². The number of phenolic OH excluding ortho intramolecular Hbond substituents is 1. The van der Waals surface area contributed by atoms with Crippen molar-refractivity contribution in [3.8, 4) is 17.2 Å². The highest BCUT2D eigenvalue weighted by Crippen LogP contribution is 2.43. The van der Waals surface area contributed by atoms with Crippen LogP contribution < -0.4 is 9.47 Å². The molecule has 3 aromatic carbocycles. The highest BCUT2D eigenvalue weighted by Gasteiger charge is 2.27. The molecule has 0 spiro atoms. The summed E-state index contributed by atoms with van der Waals surface area (Å²) in [4.78, 5) is 0. The van der Waals surface area contributed by atoms with Crippen LogP contribution in [0.5, 0.6) is 17.2 Å². The monoisotopic (exact) mass is 908 g/mol. The summed E-state index contributed by atoms with van der Waals surface area (Å²) < 4.78 is 17.7. The Morgan fingerprint density at radius 2 is 0.971 bits per heavy atom. The van der Waals surface area contributed by atoms with Crippen molar-refractivity contribution in [2.75, 3.05) is 13.2 Å². The Hall–Kier alpha value is 0.420. The zero-order chi connectivity index (χ0) is 25.2. The lowest BCUT2D eigenvalue weighted by Gasteiger charge is -2.28. The summed E-state index contributed by atoms with van der Waals surface area (Å²) in [6.45, 7) is 5.30. The van der Waals surface area contributed by atoms with Crippen LogP contribution in [0.3, 0.4) is 0 Å². The number of hydrogen-bond donors (Lipinski definition) is 1. The third-order valence-corrected chi connectivity index (χ3v) is 9.23. The van der Waals surface area contributed by atoms with E-state index in [0.717, 1.165) is 51.4 Å². The minimum absolute atomic E-state index is 0.189. The Balaban J connectivity index is 1.68. The minimum atomic E-state index is -0.318.